The molecule has 2 N–H and O–H groups in total. The molecule has 6 heteroatoms. The maximum atomic E-state index is 12.1. The first-order chi connectivity index (χ1) is 11.1. The lowest BCUT2D eigenvalue weighted by molar-refractivity contribution is -0.116. The Hall–Kier alpha value is -2.76. The van der Waals surface area contributed by atoms with Gasteiger partial charge in [-0.15, -0.1) is 0 Å². The van der Waals surface area contributed by atoms with Crippen molar-refractivity contribution >= 4 is 23.3 Å². The predicted molar refractivity (Wildman–Crippen MR) is 89.3 cm³/mol. The molecule has 120 valence electrons. The van der Waals surface area contributed by atoms with Gasteiger partial charge in [0.05, 0.1) is 17.4 Å². The van der Waals surface area contributed by atoms with Crippen molar-refractivity contribution in [2.75, 3.05) is 10.6 Å². The zero-order valence-electron chi connectivity index (χ0n) is 13.3. The lowest BCUT2D eigenvalue weighted by atomic mass is 10.2. The third-order valence-corrected chi connectivity index (χ3v) is 3.31. The third-order valence-electron chi connectivity index (χ3n) is 3.31. The van der Waals surface area contributed by atoms with Crippen LogP contribution in [-0.2, 0) is 4.79 Å². The number of hydrogen-bond acceptors (Lipinski definition) is 4. The van der Waals surface area contributed by atoms with Crippen LogP contribution in [0.3, 0.4) is 0 Å². The van der Waals surface area contributed by atoms with Crippen molar-refractivity contribution in [2.24, 2.45) is 0 Å². The van der Waals surface area contributed by atoms with Gasteiger partial charge in [-0.3, -0.25) is 14.6 Å². The Morgan fingerprint density at radius 2 is 2.04 bits per heavy atom. The van der Waals surface area contributed by atoms with Crippen molar-refractivity contribution in [1.82, 2.24) is 9.97 Å². The minimum Gasteiger partial charge on any atom is -0.320 e. The number of nitrogens with one attached hydrogen (secondary N) is 2. The summed E-state index contributed by atoms with van der Waals surface area (Å²) in [5.41, 5.74) is 1.90. The van der Waals surface area contributed by atoms with Gasteiger partial charge in [0, 0.05) is 18.8 Å². The van der Waals surface area contributed by atoms with Crippen LogP contribution >= 0.6 is 0 Å². The molecule has 0 atom stereocenters. The standard InChI is InChI=1S/C17H20N4O2/c1-3-4-7-16(22)21-15-9-12(2)14(11-19-15)20-17(23)13-6-5-8-18-10-13/h5-6,8-11H,3-4,7H2,1-2H3,(H,20,23)(H,19,21,22). The molecule has 23 heavy (non-hydrogen) atoms. The van der Waals surface area contributed by atoms with Crippen LogP contribution in [0.5, 0.6) is 0 Å². The molecule has 0 bridgehead atoms. The van der Waals surface area contributed by atoms with Crippen molar-refractivity contribution in [1.29, 1.82) is 0 Å². The highest BCUT2D eigenvalue weighted by Crippen LogP contribution is 2.18. The molecule has 0 saturated heterocycles. The molecule has 2 amide bonds. The molecule has 2 aromatic heterocycles. The molecule has 0 aromatic carbocycles. The van der Waals surface area contributed by atoms with Gasteiger partial charge in [0.15, 0.2) is 0 Å². The summed E-state index contributed by atoms with van der Waals surface area (Å²) in [6.07, 6.45) is 6.96. The summed E-state index contributed by atoms with van der Waals surface area (Å²) >= 11 is 0. The van der Waals surface area contributed by atoms with Gasteiger partial charge >= 0.3 is 0 Å². The third kappa shape index (κ3) is 4.88. The SMILES string of the molecule is CCCCC(=O)Nc1cc(C)c(NC(=O)c2cccnc2)cn1. The highest BCUT2D eigenvalue weighted by atomic mass is 16.2. The van der Waals surface area contributed by atoms with Crippen molar-refractivity contribution in [2.45, 2.75) is 33.1 Å². The summed E-state index contributed by atoms with van der Waals surface area (Å²) in [7, 11) is 0. The molecule has 2 aromatic rings. The Kier molecular flexibility index (Phi) is 5.80. The topological polar surface area (TPSA) is 84.0 Å². The van der Waals surface area contributed by atoms with E-state index in [0.29, 0.717) is 23.5 Å². The monoisotopic (exact) mass is 312 g/mol. The second-order valence-corrected chi connectivity index (χ2v) is 5.23. The molecule has 0 spiro atoms. The highest BCUT2D eigenvalue weighted by Gasteiger charge is 2.09. The Morgan fingerprint density at radius 1 is 1.22 bits per heavy atom. The van der Waals surface area contributed by atoms with E-state index in [1.165, 1.54) is 6.20 Å². The average molecular weight is 312 g/mol. The number of hydrogen-bond donors (Lipinski definition) is 2. The van der Waals surface area contributed by atoms with Gasteiger partial charge in [0.25, 0.3) is 5.91 Å². The summed E-state index contributed by atoms with van der Waals surface area (Å²) in [6.45, 7) is 3.89. The van der Waals surface area contributed by atoms with E-state index in [1.54, 1.807) is 30.6 Å². The van der Waals surface area contributed by atoms with Crippen molar-refractivity contribution in [3.63, 3.8) is 0 Å². The minimum absolute atomic E-state index is 0.0501. The number of amides is 2. The predicted octanol–water partition coefficient (Wildman–Crippen LogP) is 3.17. The number of nitrogens with zero attached hydrogens (tertiary/aromatic N) is 2. The van der Waals surface area contributed by atoms with Crippen LogP contribution in [0.1, 0.15) is 42.1 Å². The summed E-state index contributed by atoms with van der Waals surface area (Å²) in [5.74, 6) is 0.191. The van der Waals surface area contributed by atoms with E-state index in [-0.39, 0.29) is 11.8 Å². The maximum Gasteiger partial charge on any atom is 0.257 e. The Labute approximate surface area is 135 Å². The summed E-state index contributed by atoms with van der Waals surface area (Å²) < 4.78 is 0. The fraction of sp³-hybridized carbons (Fsp3) is 0.294. The normalized spacial score (nSPS) is 10.2. The number of anilines is 2. The van der Waals surface area contributed by atoms with E-state index in [1.807, 2.05) is 13.8 Å². The molecular formula is C17H20N4O2. The van der Waals surface area contributed by atoms with Crippen molar-refractivity contribution in [3.05, 3.63) is 47.9 Å². The number of rotatable bonds is 6. The first kappa shape index (κ1) is 16.6. The number of pyridine rings is 2. The largest absolute Gasteiger partial charge is 0.320 e. The van der Waals surface area contributed by atoms with E-state index in [2.05, 4.69) is 20.6 Å². The Balaban J connectivity index is 2.02. The number of carbonyl (C=O) groups excluding carboxylic acids is 2. The quantitative estimate of drug-likeness (QED) is 0.858. The van der Waals surface area contributed by atoms with Crippen LogP contribution in [-0.4, -0.2) is 21.8 Å². The van der Waals surface area contributed by atoms with E-state index in [9.17, 15) is 9.59 Å². The molecule has 2 rings (SSSR count). The van der Waals surface area contributed by atoms with E-state index >= 15 is 0 Å². The van der Waals surface area contributed by atoms with Crippen LogP contribution in [0.4, 0.5) is 11.5 Å². The molecule has 0 radical (unpaired) electrons. The molecule has 0 aliphatic carbocycles. The van der Waals surface area contributed by atoms with Crippen molar-refractivity contribution in [3.8, 4) is 0 Å². The lowest BCUT2D eigenvalue weighted by Gasteiger charge is -2.10. The fourth-order valence-electron chi connectivity index (χ4n) is 1.99. The van der Waals surface area contributed by atoms with Gasteiger partial charge in [-0.05, 0) is 37.1 Å². The second kappa shape index (κ2) is 8.03. The molecule has 6 nitrogen and oxygen atoms in total. The smallest absolute Gasteiger partial charge is 0.257 e. The van der Waals surface area contributed by atoms with Crippen molar-refractivity contribution < 1.29 is 9.59 Å². The molecule has 0 aliphatic heterocycles. The Bertz CT molecular complexity index is 686. The van der Waals surface area contributed by atoms with Crippen LogP contribution < -0.4 is 10.6 Å². The van der Waals surface area contributed by atoms with Crippen LogP contribution in [0.25, 0.3) is 0 Å². The zero-order valence-corrected chi connectivity index (χ0v) is 13.3. The second-order valence-electron chi connectivity index (χ2n) is 5.23. The molecule has 0 fully saturated rings. The summed E-state index contributed by atoms with van der Waals surface area (Å²) in [6, 6.07) is 5.13. The minimum atomic E-state index is -0.247. The number of carbonyl (C=O) groups is 2. The van der Waals surface area contributed by atoms with Gasteiger partial charge in [-0.1, -0.05) is 13.3 Å². The number of aryl methyl sites for hydroxylation is 1. The summed E-state index contributed by atoms with van der Waals surface area (Å²) in [5, 5.41) is 5.54. The molecule has 0 saturated carbocycles. The highest BCUT2D eigenvalue weighted by molar-refractivity contribution is 6.04. The van der Waals surface area contributed by atoms with Crippen LogP contribution in [0, 0.1) is 6.92 Å². The van der Waals surface area contributed by atoms with Gasteiger partial charge in [0.2, 0.25) is 5.91 Å². The maximum absolute atomic E-state index is 12.1. The zero-order chi connectivity index (χ0) is 16.7. The van der Waals surface area contributed by atoms with Crippen LogP contribution in [0.2, 0.25) is 0 Å². The van der Waals surface area contributed by atoms with E-state index in [0.717, 1.165) is 18.4 Å². The van der Waals surface area contributed by atoms with Gasteiger partial charge in [-0.25, -0.2) is 4.98 Å². The van der Waals surface area contributed by atoms with E-state index in [4.69, 9.17) is 0 Å². The van der Waals surface area contributed by atoms with Gasteiger partial charge < -0.3 is 10.6 Å². The first-order valence-electron chi connectivity index (χ1n) is 7.58. The first-order valence-corrected chi connectivity index (χ1v) is 7.58. The van der Waals surface area contributed by atoms with Crippen LogP contribution in [0.15, 0.2) is 36.8 Å². The number of aromatic nitrogens is 2. The Morgan fingerprint density at radius 3 is 2.70 bits per heavy atom. The number of unbranched alkanes of at least 4 members (excludes halogenated alkanes) is 1. The van der Waals surface area contributed by atoms with E-state index < -0.39 is 0 Å². The van der Waals surface area contributed by atoms with Gasteiger partial charge in [0.1, 0.15) is 5.82 Å². The summed E-state index contributed by atoms with van der Waals surface area (Å²) in [4.78, 5) is 31.9. The molecular weight excluding hydrogens is 292 g/mol. The molecule has 0 aliphatic rings. The lowest BCUT2D eigenvalue weighted by Crippen LogP contribution is -2.15. The molecule has 2 heterocycles. The fourth-order valence-corrected chi connectivity index (χ4v) is 1.99. The molecule has 0 unspecified atom stereocenters. The van der Waals surface area contributed by atoms with Gasteiger partial charge in [-0.2, -0.15) is 0 Å². The average Bonchev–Trinajstić information content (AvgIpc) is 2.56.